The molecule has 0 saturated carbocycles. The predicted molar refractivity (Wildman–Crippen MR) is 122 cm³/mol. The number of aryl methyl sites for hydroxylation is 1. The summed E-state index contributed by atoms with van der Waals surface area (Å²) in [4.78, 5) is 12.9. The van der Waals surface area contributed by atoms with Crippen molar-refractivity contribution in [2.45, 2.75) is 18.4 Å². The summed E-state index contributed by atoms with van der Waals surface area (Å²) < 4.78 is 27.6. The van der Waals surface area contributed by atoms with Crippen LogP contribution in [0, 0.1) is 6.92 Å². The van der Waals surface area contributed by atoms with Crippen molar-refractivity contribution in [1.29, 1.82) is 0 Å². The molecular weight excluding hydrogens is 426 g/mol. The van der Waals surface area contributed by atoms with E-state index in [1.165, 1.54) is 18.3 Å². The Labute approximate surface area is 186 Å². The molecule has 162 valence electrons. The highest BCUT2D eigenvalue weighted by atomic mass is 32.2. The van der Waals surface area contributed by atoms with Crippen molar-refractivity contribution < 1.29 is 18.3 Å². The molecule has 1 aliphatic heterocycles. The monoisotopic (exact) mass is 447 g/mol. The fourth-order valence-electron chi connectivity index (χ4n) is 3.38. The van der Waals surface area contributed by atoms with Crippen molar-refractivity contribution in [3.8, 4) is 0 Å². The quantitative estimate of drug-likeness (QED) is 0.461. The maximum atomic E-state index is 13.4. The van der Waals surface area contributed by atoms with Gasteiger partial charge in [0, 0.05) is 5.56 Å². The van der Waals surface area contributed by atoms with Gasteiger partial charge in [-0.1, -0.05) is 72.3 Å². The molecule has 0 aliphatic carbocycles. The van der Waals surface area contributed by atoms with Crippen LogP contribution in [0.4, 0.5) is 0 Å². The summed E-state index contributed by atoms with van der Waals surface area (Å²) >= 11 is 0. The minimum absolute atomic E-state index is 0.0619. The van der Waals surface area contributed by atoms with Crippen LogP contribution in [-0.4, -0.2) is 30.0 Å². The van der Waals surface area contributed by atoms with Gasteiger partial charge in [-0.3, -0.25) is 9.10 Å². The lowest BCUT2D eigenvalue weighted by Crippen LogP contribution is -2.40. The van der Waals surface area contributed by atoms with Gasteiger partial charge in [0.2, 0.25) is 0 Å². The number of sulfonamides is 1. The van der Waals surface area contributed by atoms with Crippen LogP contribution in [0.5, 0.6) is 0 Å². The molecule has 3 aromatic rings. The zero-order valence-corrected chi connectivity index (χ0v) is 18.1. The molecule has 0 aromatic heterocycles. The van der Waals surface area contributed by atoms with Gasteiger partial charge in [-0.2, -0.15) is 5.10 Å². The van der Waals surface area contributed by atoms with Gasteiger partial charge in [0.05, 0.1) is 17.7 Å². The van der Waals surface area contributed by atoms with Gasteiger partial charge >= 0.3 is 0 Å². The molecule has 32 heavy (non-hydrogen) atoms. The fourth-order valence-corrected chi connectivity index (χ4v) is 5.04. The Balaban J connectivity index is 1.71. The van der Waals surface area contributed by atoms with E-state index in [2.05, 4.69) is 10.5 Å². The molecular formula is C24H21N3O4S. The number of nitrogens with one attached hydrogen (secondary N) is 1. The zero-order valence-electron chi connectivity index (χ0n) is 17.3. The van der Waals surface area contributed by atoms with Gasteiger partial charge in [0.1, 0.15) is 0 Å². The first kappa shape index (κ1) is 21.3. The summed E-state index contributed by atoms with van der Waals surface area (Å²) in [7, 11) is -4.09. The van der Waals surface area contributed by atoms with Gasteiger partial charge in [0.15, 0.2) is 11.5 Å². The smallest absolute Gasteiger partial charge is 0.292 e. The molecule has 0 atom stereocenters. The average molecular weight is 448 g/mol. The molecule has 0 fully saturated rings. The van der Waals surface area contributed by atoms with Crippen molar-refractivity contribution in [3.05, 3.63) is 107 Å². The van der Waals surface area contributed by atoms with Crippen molar-refractivity contribution in [2.24, 2.45) is 5.10 Å². The molecule has 0 saturated heterocycles. The number of fused-ring (bicyclic) bond motifs is 1. The van der Waals surface area contributed by atoms with E-state index in [4.69, 9.17) is 0 Å². The number of carbonyl (C=O) groups excluding carboxylic acids is 1. The number of aliphatic hydroxyl groups is 1. The highest BCUT2D eigenvalue weighted by Crippen LogP contribution is 2.36. The average Bonchev–Trinajstić information content (AvgIpc) is 2.80. The Morgan fingerprint density at radius 2 is 1.66 bits per heavy atom. The number of nitrogens with zero attached hydrogens (tertiary/aromatic N) is 2. The Morgan fingerprint density at radius 3 is 2.38 bits per heavy atom. The number of aliphatic hydroxyl groups excluding tert-OH is 1. The minimum Gasteiger partial charge on any atom is -0.505 e. The van der Waals surface area contributed by atoms with Crippen LogP contribution >= 0.6 is 0 Å². The zero-order chi connectivity index (χ0) is 22.7. The van der Waals surface area contributed by atoms with Gasteiger partial charge < -0.3 is 5.11 Å². The van der Waals surface area contributed by atoms with E-state index in [-0.39, 0.29) is 22.7 Å². The largest absolute Gasteiger partial charge is 0.505 e. The molecule has 1 heterocycles. The number of hydrazone groups is 1. The minimum atomic E-state index is -4.09. The molecule has 7 nitrogen and oxygen atoms in total. The summed E-state index contributed by atoms with van der Waals surface area (Å²) in [5.41, 5.74) is 4.54. The van der Waals surface area contributed by atoms with E-state index in [0.29, 0.717) is 5.56 Å². The third-order valence-electron chi connectivity index (χ3n) is 5.03. The number of rotatable bonds is 5. The molecule has 8 heteroatoms. The van der Waals surface area contributed by atoms with Crippen LogP contribution in [0.2, 0.25) is 0 Å². The highest BCUT2D eigenvalue weighted by Gasteiger charge is 2.40. The number of carbonyl (C=O) groups is 1. The van der Waals surface area contributed by atoms with Crippen LogP contribution in [0.25, 0.3) is 5.76 Å². The first-order valence-corrected chi connectivity index (χ1v) is 11.3. The van der Waals surface area contributed by atoms with E-state index in [1.807, 2.05) is 37.3 Å². The Kier molecular flexibility index (Phi) is 5.79. The number of hydrogen-bond acceptors (Lipinski definition) is 5. The van der Waals surface area contributed by atoms with Crippen LogP contribution < -0.4 is 5.43 Å². The normalized spacial score (nSPS) is 15.0. The fraction of sp³-hybridized carbons (Fsp3) is 0.0833. The number of hydrogen-bond donors (Lipinski definition) is 2. The third-order valence-corrected chi connectivity index (χ3v) is 6.83. The van der Waals surface area contributed by atoms with Gasteiger partial charge in [-0.25, -0.2) is 13.8 Å². The van der Waals surface area contributed by atoms with E-state index in [1.54, 1.807) is 36.4 Å². The standard InChI is InChI=1S/C24H21N3O4S/c1-17-11-13-18(14-12-17)15-25-26-24(29)22-23(28)20-9-5-6-10-21(20)32(30,31)27(22)16-19-7-3-2-4-8-19/h2-15,28H,16H2,1H3,(H,26,29)/b25-15+. The molecule has 1 aliphatic rings. The maximum Gasteiger partial charge on any atom is 0.292 e. The molecule has 0 bridgehead atoms. The predicted octanol–water partition coefficient (Wildman–Crippen LogP) is 3.58. The van der Waals surface area contributed by atoms with E-state index >= 15 is 0 Å². The number of amides is 1. The van der Waals surface area contributed by atoms with Crippen molar-refractivity contribution in [2.75, 3.05) is 0 Å². The van der Waals surface area contributed by atoms with Gasteiger partial charge in [0.25, 0.3) is 15.9 Å². The van der Waals surface area contributed by atoms with Crippen LogP contribution in [0.15, 0.2) is 94.6 Å². The van der Waals surface area contributed by atoms with Crippen LogP contribution in [0.1, 0.15) is 22.3 Å². The summed E-state index contributed by atoms with van der Waals surface area (Å²) in [5.74, 6) is -1.26. The van der Waals surface area contributed by atoms with E-state index in [0.717, 1.165) is 15.4 Å². The van der Waals surface area contributed by atoms with E-state index in [9.17, 15) is 18.3 Å². The topological polar surface area (TPSA) is 99.1 Å². The molecule has 4 rings (SSSR count). The second-order valence-corrected chi connectivity index (χ2v) is 9.13. The summed E-state index contributed by atoms with van der Waals surface area (Å²) in [6, 6.07) is 22.4. The second-order valence-electron chi connectivity index (χ2n) is 7.30. The molecule has 0 radical (unpaired) electrons. The number of benzene rings is 3. The van der Waals surface area contributed by atoms with Gasteiger partial charge in [-0.15, -0.1) is 0 Å². The lowest BCUT2D eigenvalue weighted by molar-refractivity contribution is -0.118. The first-order valence-electron chi connectivity index (χ1n) is 9.87. The molecule has 2 N–H and O–H groups in total. The lowest BCUT2D eigenvalue weighted by atomic mass is 10.1. The Bertz CT molecular complexity index is 1310. The second kappa shape index (κ2) is 8.68. The van der Waals surface area contributed by atoms with Crippen LogP contribution in [-0.2, 0) is 21.4 Å². The Hall–Kier alpha value is -3.91. The van der Waals surface area contributed by atoms with E-state index < -0.39 is 21.7 Å². The lowest BCUT2D eigenvalue weighted by Gasteiger charge is -2.31. The summed E-state index contributed by atoms with van der Waals surface area (Å²) in [5, 5.41) is 14.8. The van der Waals surface area contributed by atoms with Crippen molar-refractivity contribution in [1.82, 2.24) is 9.73 Å². The SMILES string of the molecule is Cc1ccc(/C=N/NC(=O)C2=C(O)c3ccccc3S(=O)(=O)N2Cc2ccccc2)cc1. The maximum absolute atomic E-state index is 13.4. The van der Waals surface area contributed by atoms with Crippen molar-refractivity contribution in [3.63, 3.8) is 0 Å². The third kappa shape index (κ3) is 4.13. The Morgan fingerprint density at radius 1 is 1.00 bits per heavy atom. The summed E-state index contributed by atoms with van der Waals surface area (Å²) in [6.07, 6.45) is 1.45. The van der Waals surface area contributed by atoms with Gasteiger partial charge in [-0.05, 0) is 30.2 Å². The van der Waals surface area contributed by atoms with Crippen molar-refractivity contribution >= 4 is 27.9 Å². The van der Waals surface area contributed by atoms with Crippen LogP contribution in [0.3, 0.4) is 0 Å². The summed E-state index contributed by atoms with van der Waals surface area (Å²) in [6.45, 7) is 1.84. The molecule has 1 amide bonds. The molecule has 3 aromatic carbocycles. The first-order chi connectivity index (χ1) is 15.4. The highest BCUT2D eigenvalue weighted by molar-refractivity contribution is 7.89. The molecule has 0 spiro atoms. The molecule has 0 unspecified atom stereocenters.